The summed E-state index contributed by atoms with van der Waals surface area (Å²) >= 11 is 17.7. The molecule has 0 saturated heterocycles. The highest BCUT2D eigenvalue weighted by Gasteiger charge is 2.10. The Balaban J connectivity index is 2.07. The first-order chi connectivity index (χ1) is 9.08. The third-order valence-corrected chi connectivity index (χ3v) is 3.35. The van der Waals surface area contributed by atoms with Gasteiger partial charge in [0.15, 0.2) is 0 Å². The van der Waals surface area contributed by atoms with Crippen LogP contribution >= 0.6 is 34.8 Å². The number of benzene rings is 1. The Bertz CT molecular complexity index is 617. The molecule has 0 aliphatic heterocycles. The number of hydrogen-bond acceptors (Lipinski definition) is 2. The highest BCUT2D eigenvalue weighted by molar-refractivity contribution is 6.35. The van der Waals surface area contributed by atoms with Crippen LogP contribution in [-0.4, -0.2) is 10.9 Å². The zero-order valence-electron chi connectivity index (χ0n) is 9.66. The first-order valence-electron chi connectivity index (χ1n) is 5.40. The molecular weight excluding hydrogens is 307 g/mol. The van der Waals surface area contributed by atoms with Gasteiger partial charge in [-0.3, -0.25) is 4.79 Å². The zero-order chi connectivity index (χ0) is 13.8. The van der Waals surface area contributed by atoms with Crippen LogP contribution in [-0.2, 0) is 6.54 Å². The molecule has 0 aliphatic rings. The molecule has 0 aliphatic carbocycles. The van der Waals surface area contributed by atoms with Crippen molar-refractivity contribution in [3.63, 3.8) is 0 Å². The summed E-state index contributed by atoms with van der Waals surface area (Å²) in [5.41, 5.74) is 1.11. The maximum atomic E-state index is 11.9. The fraction of sp³-hybridized carbons (Fsp3) is 0.0769. The minimum absolute atomic E-state index is 0.169. The number of carbonyl (C=O) groups is 1. The van der Waals surface area contributed by atoms with Crippen LogP contribution in [0.1, 0.15) is 15.9 Å². The Morgan fingerprint density at radius 1 is 1.21 bits per heavy atom. The summed E-state index contributed by atoms with van der Waals surface area (Å²) in [7, 11) is 0. The van der Waals surface area contributed by atoms with Gasteiger partial charge >= 0.3 is 0 Å². The number of carbonyl (C=O) groups excluding carboxylic acids is 1. The maximum absolute atomic E-state index is 11.9. The van der Waals surface area contributed by atoms with Crippen LogP contribution < -0.4 is 5.32 Å². The van der Waals surface area contributed by atoms with Crippen molar-refractivity contribution in [2.45, 2.75) is 6.54 Å². The number of rotatable bonds is 3. The average Bonchev–Trinajstić information content (AvgIpc) is 2.38. The number of halogens is 3. The lowest BCUT2D eigenvalue weighted by Crippen LogP contribution is -2.23. The number of hydrogen-bond donors (Lipinski definition) is 1. The molecule has 6 heteroatoms. The Labute approximate surface area is 125 Å². The maximum Gasteiger partial charge on any atom is 0.254 e. The predicted octanol–water partition coefficient (Wildman–Crippen LogP) is 3.97. The number of nitrogens with one attached hydrogen (secondary N) is 1. The molecule has 98 valence electrons. The molecule has 1 heterocycles. The Morgan fingerprint density at radius 2 is 2.00 bits per heavy atom. The van der Waals surface area contributed by atoms with Crippen molar-refractivity contribution in [2.75, 3.05) is 0 Å². The summed E-state index contributed by atoms with van der Waals surface area (Å²) in [6, 6.07) is 8.35. The quantitative estimate of drug-likeness (QED) is 0.871. The van der Waals surface area contributed by atoms with Gasteiger partial charge in [0.25, 0.3) is 5.91 Å². The van der Waals surface area contributed by atoms with Gasteiger partial charge in [-0.05, 0) is 29.8 Å². The van der Waals surface area contributed by atoms with Crippen LogP contribution in [0.4, 0.5) is 0 Å². The van der Waals surface area contributed by atoms with E-state index in [0.717, 1.165) is 5.56 Å². The second kappa shape index (κ2) is 6.24. The lowest BCUT2D eigenvalue weighted by molar-refractivity contribution is 0.0950. The molecule has 1 aromatic carbocycles. The Morgan fingerprint density at radius 3 is 2.68 bits per heavy atom. The van der Waals surface area contributed by atoms with Crippen molar-refractivity contribution in [3.05, 3.63) is 62.9 Å². The SMILES string of the molecule is O=C(NCc1ccc(Cl)cc1Cl)c1cccnc1Cl. The molecule has 3 nitrogen and oxygen atoms in total. The van der Waals surface area contributed by atoms with Gasteiger partial charge in [0.05, 0.1) is 5.56 Å². The van der Waals surface area contributed by atoms with E-state index >= 15 is 0 Å². The highest BCUT2D eigenvalue weighted by atomic mass is 35.5. The summed E-state index contributed by atoms with van der Waals surface area (Å²) in [4.78, 5) is 15.8. The molecule has 0 spiro atoms. The molecule has 0 atom stereocenters. The van der Waals surface area contributed by atoms with Gasteiger partial charge in [0.2, 0.25) is 0 Å². The summed E-state index contributed by atoms with van der Waals surface area (Å²) < 4.78 is 0. The van der Waals surface area contributed by atoms with E-state index in [0.29, 0.717) is 22.2 Å². The van der Waals surface area contributed by atoms with E-state index in [1.54, 1.807) is 30.3 Å². The molecule has 0 unspecified atom stereocenters. The lowest BCUT2D eigenvalue weighted by atomic mass is 10.2. The molecule has 0 saturated carbocycles. The van der Waals surface area contributed by atoms with Gasteiger partial charge < -0.3 is 5.32 Å². The monoisotopic (exact) mass is 314 g/mol. The van der Waals surface area contributed by atoms with Gasteiger partial charge in [-0.15, -0.1) is 0 Å². The van der Waals surface area contributed by atoms with Crippen LogP contribution in [0.5, 0.6) is 0 Å². The first-order valence-corrected chi connectivity index (χ1v) is 6.54. The molecule has 1 aromatic heterocycles. The topological polar surface area (TPSA) is 42.0 Å². The van der Waals surface area contributed by atoms with E-state index in [4.69, 9.17) is 34.8 Å². The van der Waals surface area contributed by atoms with Crippen LogP contribution in [0.3, 0.4) is 0 Å². The van der Waals surface area contributed by atoms with Crippen LogP contribution in [0.15, 0.2) is 36.5 Å². The predicted molar refractivity (Wildman–Crippen MR) is 76.9 cm³/mol. The van der Waals surface area contributed by atoms with Gasteiger partial charge in [-0.25, -0.2) is 4.98 Å². The van der Waals surface area contributed by atoms with Crippen molar-refractivity contribution in [2.24, 2.45) is 0 Å². The fourth-order valence-electron chi connectivity index (χ4n) is 1.49. The van der Waals surface area contributed by atoms with Crippen LogP contribution in [0.2, 0.25) is 15.2 Å². The number of aromatic nitrogens is 1. The van der Waals surface area contributed by atoms with Gasteiger partial charge in [0, 0.05) is 22.8 Å². The van der Waals surface area contributed by atoms with Gasteiger partial charge in [-0.1, -0.05) is 40.9 Å². The number of amides is 1. The molecule has 19 heavy (non-hydrogen) atoms. The second-order valence-electron chi connectivity index (χ2n) is 3.76. The van der Waals surface area contributed by atoms with Crippen molar-refractivity contribution < 1.29 is 4.79 Å². The molecule has 2 aromatic rings. The average molecular weight is 316 g/mol. The third-order valence-electron chi connectivity index (χ3n) is 2.46. The van der Waals surface area contributed by atoms with E-state index in [-0.39, 0.29) is 11.1 Å². The minimum Gasteiger partial charge on any atom is -0.348 e. The van der Waals surface area contributed by atoms with Gasteiger partial charge in [0.1, 0.15) is 5.15 Å². The smallest absolute Gasteiger partial charge is 0.254 e. The standard InChI is InChI=1S/C13H9Cl3N2O/c14-9-4-3-8(11(15)6-9)7-18-13(19)10-2-1-5-17-12(10)16/h1-6H,7H2,(H,18,19). The molecule has 1 amide bonds. The second-order valence-corrected chi connectivity index (χ2v) is 4.96. The van der Waals surface area contributed by atoms with E-state index in [1.165, 1.54) is 6.20 Å². The first kappa shape index (κ1) is 14.1. The van der Waals surface area contributed by atoms with E-state index in [2.05, 4.69) is 10.3 Å². The van der Waals surface area contributed by atoms with Crippen molar-refractivity contribution in [1.29, 1.82) is 0 Å². The normalized spacial score (nSPS) is 10.3. The molecule has 0 fully saturated rings. The lowest BCUT2D eigenvalue weighted by Gasteiger charge is -2.08. The van der Waals surface area contributed by atoms with Crippen LogP contribution in [0, 0.1) is 0 Å². The highest BCUT2D eigenvalue weighted by Crippen LogP contribution is 2.21. The van der Waals surface area contributed by atoms with E-state index in [1.807, 2.05) is 0 Å². The summed E-state index contributed by atoms with van der Waals surface area (Å²) in [6.07, 6.45) is 1.52. The van der Waals surface area contributed by atoms with E-state index < -0.39 is 0 Å². The third kappa shape index (κ3) is 3.60. The fourth-order valence-corrected chi connectivity index (χ4v) is 2.17. The zero-order valence-corrected chi connectivity index (χ0v) is 11.9. The Hall–Kier alpha value is -1.29. The van der Waals surface area contributed by atoms with Crippen molar-refractivity contribution in [1.82, 2.24) is 10.3 Å². The summed E-state index contributed by atoms with van der Waals surface area (Å²) in [6.45, 7) is 0.292. The van der Waals surface area contributed by atoms with Gasteiger partial charge in [-0.2, -0.15) is 0 Å². The largest absolute Gasteiger partial charge is 0.348 e. The van der Waals surface area contributed by atoms with Crippen LogP contribution in [0.25, 0.3) is 0 Å². The molecule has 1 N–H and O–H groups in total. The number of pyridine rings is 1. The number of nitrogens with zero attached hydrogens (tertiary/aromatic N) is 1. The summed E-state index contributed by atoms with van der Waals surface area (Å²) in [5, 5.41) is 3.95. The van der Waals surface area contributed by atoms with E-state index in [9.17, 15) is 4.79 Å². The molecule has 0 bridgehead atoms. The Kier molecular flexibility index (Phi) is 4.64. The molecular formula is C13H9Cl3N2O. The van der Waals surface area contributed by atoms with Crippen molar-refractivity contribution in [3.8, 4) is 0 Å². The summed E-state index contributed by atoms with van der Waals surface area (Å²) in [5.74, 6) is -0.302. The minimum atomic E-state index is -0.302. The van der Waals surface area contributed by atoms with Crippen molar-refractivity contribution >= 4 is 40.7 Å². The molecule has 2 rings (SSSR count). The molecule has 0 radical (unpaired) electrons.